The zero-order valence-electron chi connectivity index (χ0n) is 29.9. The summed E-state index contributed by atoms with van der Waals surface area (Å²) in [6, 6.07) is 55.5. The highest BCUT2D eigenvalue weighted by Crippen LogP contribution is 2.46. The van der Waals surface area contributed by atoms with Crippen molar-refractivity contribution >= 4 is 79.6 Å². The predicted octanol–water partition coefficient (Wildman–Crippen LogP) is 10.9. The highest BCUT2D eigenvalue weighted by atomic mass is 32.2. The number of thioether (sulfide) groups is 1. The van der Waals surface area contributed by atoms with Crippen molar-refractivity contribution in [2.24, 2.45) is 0 Å². The van der Waals surface area contributed by atoms with Gasteiger partial charge in [-0.05, 0) is 72.8 Å². The van der Waals surface area contributed by atoms with Gasteiger partial charge >= 0.3 is 0 Å². The Balaban J connectivity index is 1.05. The molecule has 0 unspecified atom stereocenters. The zero-order chi connectivity index (χ0) is 37.4. The molecule has 8 rings (SSSR count). The molecule has 0 saturated heterocycles. The summed E-state index contributed by atoms with van der Waals surface area (Å²) in [5.41, 5.74) is 5.30. The monoisotopic (exact) mass is 753 g/mol. The molecule has 6 nitrogen and oxygen atoms in total. The van der Waals surface area contributed by atoms with Crippen LogP contribution in [0.3, 0.4) is 0 Å². The average Bonchev–Trinajstić information content (AvgIpc) is 3.76. The first-order chi connectivity index (χ1) is 27.1. The van der Waals surface area contributed by atoms with Gasteiger partial charge in [0.15, 0.2) is 0 Å². The molecule has 1 aliphatic rings. The van der Waals surface area contributed by atoms with Gasteiger partial charge in [0.2, 0.25) is 12.1 Å². The number of anilines is 5. The molecule has 0 bridgehead atoms. The summed E-state index contributed by atoms with van der Waals surface area (Å²) < 4.78 is 3.19. The van der Waals surface area contributed by atoms with Crippen LogP contribution in [-0.4, -0.2) is 18.4 Å². The summed E-state index contributed by atoms with van der Waals surface area (Å²) in [4.78, 5) is 35.1. The summed E-state index contributed by atoms with van der Waals surface area (Å²) in [6.45, 7) is 0.338. The Morgan fingerprint density at radius 1 is 0.564 bits per heavy atom. The van der Waals surface area contributed by atoms with E-state index in [1.807, 2.05) is 164 Å². The van der Waals surface area contributed by atoms with Crippen LogP contribution in [0.15, 0.2) is 204 Å². The van der Waals surface area contributed by atoms with Gasteiger partial charge in [-0.15, -0.1) is 0 Å². The van der Waals surface area contributed by atoms with Crippen molar-refractivity contribution in [3.05, 3.63) is 204 Å². The maximum atomic E-state index is 14.2. The smallest absolute Gasteiger partial charge is 0.297 e. The lowest BCUT2D eigenvalue weighted by molar-refractivity contribution is -0.655. The number of thiazole rings is 1. The van der Waals surface area contributed by atoms with E-state index in [1.165, 1.54) is 0 Å². The Kier molecular flexibility index (Phi) is 10.8. The molecule has 0 radical (unpaired) electrons. The number of carbonyl (C=O) groups is 2. The van der Waals surface area contributed by atoms with Crippen LogP contribution >= 0.6 is 23.1 Å². The number of rotatable bonds is 11. The Hall–Kier alpha value is -6.48. The zero-order valence-corrected chi connectivity index (χ0v) is 31.5. The number of allylic oxidation sites excluding steroid dienone is 4. The van der Waals surface area contributed by atoms with E-state index in [1.54, 1.807) is 32.9 Å². The molecule has 0 N–H and O–H groups in total. The van der Waals surface area contributed by atoms with Gasteiger partial charge in [0, 0.05) is 39.8 Å². The van der Waals surface area contributed by atoms with Crippen molar-refractivity contribution in [2.75, 3.05) is 21.2 Å². The van der Waals surface area contributed by atoms with Gasteiger partial charge < -0.3 is 4.90 Å². The van der Waals surface area contributed by atoms with Crippen molar-refractivity contribution in [3.63, 3.8) is 0 Å². The lowest BCUT2D eigenvalue weighted by Crippen LogP contribution is -2.44. The lowest BCUT2D eigenvalue weighted by Gasteiger charge is -2.27. The Morgan fingerprint density at radius 3 is 1.67 bits per heavy atom. The number of fused-ring (bicyclic) bond motifs is 2. The number of carbonyl (C=O) groups excluding carboxylic acids is 2. The number of para-hydroxylation sites is 6. The highest BCUT2D eigenvalue weighted by molar-refractivity contribution is 8.03. The molecule has 1 aliphatic heterocycles. The van der Waals surface area contributed by atoms with E-state index in [-0.39, 0.29) is 24.9 Å². The van der Waals surface area contributed by atoms with Crippen LogP contribution in [0, 0.1) is 0 Å². The van der Waals surface area contributed by atoms with E-state index < -0.39 is 0 Å². The minimum absolute atomic E-state index is 0.0357. The lowest BCUT2D eigenvalue weighted by atomic mass is 10.2. The van der Waals surface area contributed by atoms with Crippen LogP contribution in [0.2, 0.25) is 0 Å². The van der Waals surface area contributed by atoms with Gasteiger partial charge in [-0.25, -0.2) is 0 Å². The second-order valence-corrected chi connectivity index (χ2v) is 14.8. The summed E-state index contributed by atoms with van der Waals surface area (Å²) in [5, 5.41) is 1.93. The van der Waals surface area contributed by atoms with E-state index in [2.05, 4.69) is 45.9 Å². The fourth-order valence-electron chi connectivity index (χ4n) is 6.61. The quantitative estimate of drug-likeness (QED) is 0.0975. The topological polar surface area (TPSA) is 47.7 Å². The molecule has 1 aromatic heterocycles. The number of amides is 2. The molecule has 2 amide bonds. The summed E-state index contributed by atoms with van der Waals surface area (Å²) in [5.74, 6) is -0.0714. The van der Waals surface area contributed by atoms with Crippen LogP contribution < -0.4 is 19.3 Å². The number of hydrogen-bond donors (Lipinski definition) is 0. The highest BCUT2D eigenvalue weighted by Gasteiger charge is 2.30. The molecule has 268 valence electrons. The van der Waals surface area contributed by atoms with Gasteiger partial charge in [0.05, 0.1) is 10.7 Å². The van der Waals surface area contributed by atoms with E-state index >= 15 is 0 Å². The van der Waals surface area contributed by atoms with Crippen molar-refractivity contribution < 1.29 is 14.2 Å². The molecule has 0 fully saturated rings. The van der Waals surface area contributed by atoms with E-state index in [4.69, 9.17) is 0 Å². The normalized spacial score (nSPS) is 13.2. The minimum Gasteiger partial charge on any atom is -0.325 e. The summed E-state index contributed by atoms with van der Waals surface area (Å²) in [6.07, 6.45) is 10.1. The summed E-state index contributed by atoms with van der Waals surface area (Å²) in [7, 11) is 0. The Labute approximate surface area is 329 Å². The van der Waals surface area contributed by atoms with Crippen LogP contribution in [0.1, 0.15) is 5.01 Å². The molecule has 8 heteroatoms. The van der Waals surface area contributed by atoms with E-state index in [0.29, 0.717) is 0 Å². The first-order valence-corrected chi connectivity index (χ1v) is 19.6. The van der Waals surface area contributed by atoms with Crippen LogP contribution in [0.5, 0.6) is 0 Å². The maximum absolute atomic E-state index is 14.2. The van der Waals surface area contributed by atoms with Gasteiger partial charge in [-0.1, -0.05) is 138 Å². The molecule has 55 heavy (non-hydrogen) atoms. The first-order valence-electron chi connectivity index (χ1n) is 18.0. The largest absolute Gasteiger partial charge is 0.325 e. The predicted molar refractivity (Wildman–Crippen MR) is 228 cm³/mol. The maximum Gasteiger partial charge on any atom is 0.297 e. The van der Waals surface area contributed by atoms with Crippen molar-refractivity contribution in [1.82, 2.24) is 0 Å². The van der Waals surface area contributed by atoms with Gasteiger partial charge in [0.1, 0.15) is 11.2 Å². The molecular weight excluding hydrogens is 717 g/mol. The van der Waals surface area contributed by atoms with E-state index in [0.717, 1.165) is 53.6 Å². The number of nitrogens with zero attached hydrogens (tertiary/aromatic N) is 4. The van der Waals surface area contributed by atoms with Crippen LogP contribution in [0.4, 0.5) is 28.4 Å². The average molecular weight is 754 g/mol. The van der Waals surface area contributed by atoms with Gasteiger partial charge in [-0.3, -0.25) is 19.4 Å². The van der Waals surface area contributed by atoms with Crippen molar-refractivity contribution in [3.8, 4) is 0 Å². The Bertz CT molecular complexity index is 2440. The minimum atomic E-state index is -0.0357. The third-order valence-electron chi connectivity index (χ3n) is 9.12. The van der Waals surface area contributed by atoms with Gasteiger partial charge in [0.25, 0.3) is 16.8 Å². The van der Waals surface area contributed by atoms with Crippen molar-refractivity contribution in [2.45, 2.75) is 11.4 Å². The fourth-order valence-corrected chi connectivity index (χ4v) is 8.76. The SMILES string of the molecule is O=C(CN1/C(=C/C=C/C=C/c2sc3ccccc3[n+]2CC(=O)N(c2ccccc2)c2ccccc2)Sc2ccccc21)N(c1ccccc1)c1ccccc1. The number of benzene rings is 6. The molecule has 0 atom stereocenters. The molecule has 7 aromatic rings. The van der Waals surface area contributed by atoms with Crippen LogP contribution in [-0.2, 0) is 16.1 Å². The van der Waals surface area contributed by atoms with E-state index in [9.17, 15) is 9.59 Å². The second kappa shape index (κ2) is 16.7. The van der Waals surface area contributed by atoms with Gasteiger partial charge in [-0.2, -0.15) is 4.57 Å². The third-order valence-corrected chi connectivity index (χ3v) is 11.4. The fraction of sp³-hybridized carbons (Fsp3) is 0.0426. The standard InChI is InChI=1S/C47H37N4O2S2/c52-44(50(36-20-6-1-7-21-36)37-22-8-2-9-23-37)34-48-40-28-16-18-30-42(40)54-46(48)32-14-5-15-33-47-49(41-29-17-19-31-43(41)55-47)35-45(53)51(38-24-10-3-11-25-38)39-26-12-4-13-27-39/h1-33H,34-35H2/q+1. The molecular formula is C47H37N4O2S2+. The second-order valence-electron chi connectivity index (χ2n) is 12.7. The Morgan fingerprint density at radius 2 is 1.07 bits per heavy atom. The molecule has 0 spiro atoms. The number of hydrogen-bond acceptors (Lipinski definition) is 5. The first kappa shape index (κ1) is 35.5. The molecule has 0 aliphatic carbocycles. The molecule has 2 heterocycles. The number of aromatic nitrogens is 1. The third kappa shape index (κ3) is 7.92. The summed E-state index contributed by atoms with van der Waals surface area (Å²) >= 11 is 3.30. The molecule has 0 saturated carbocycles. The van der Waals surface area contributed by atoms with Crippen LogP contribution in [0.25, 0.3) is 16.3 Å². The van der Waals surface area contributed by atoms with Crippen molar-refractivity contribution in [1.29, 1.82) is 0 Å². The molecule has 6 aromatic carbocycles.